The lowest BCUT2D eigenvalue weighted by Gasteiger charge is -2.22. The van der Waals surface area contributed by atoms with Crippen LogP contribution in [-0.4, -0.2) is 54.1 Å². The van der Waals surface area contributed by atoms with Crippen LogP contribution in [0.3, 0.4) is 0 Å². The normalized spacial score (nSPS) is 17.5. The van der Waals surface area contributed by atoms with Crippen molar-refractivity contribution in [2.24, 2.45) is 0 Å². The van der Waals surface area contributed by atoms with Gasteiger partial charge >= 0.3 is 0 Å². The predicted molar refractivity (Wildman–Crippen MR) is 109 cm³/mol. The number of aromatic amines is 1. The summed E-state index contributed by atoms with van der Waals surface area (Å²) in [7, 11) is 2.14. The summed E-state index contributed by atoms with van der Waals surface area (Å²) in [5, 5.41) is 3.92. The van der Waals surface area contributed by atoms with Gasteiger partial charge in [-0.1, -0.05) is 12.1 Å². The number of ether oxygens (including phenoxy) is 1. The first-order chi connectivity index (χ1) is 13.7. The van der Waals surface area contributed by atoms with Gasteiger partial charge in [0.1, 0.15) is 18.0 Å². The van der Waals surface area contributed by atoms with E-state index in [-0.39, 0.29) is 5.91 Å². The summed E-state index contributed by atoms with van der Waals surface area (Å²) < 4.78 is 5.78. The molecule has 4 heterocycles. The van der Waals surface area contributed by atoms with Crippen molar-refractivity contribution in [1.82, 2.24) is 20.2 Å². The van der Waals surface area contributed by atoms with Crippen molar-refractivity contribution in [3.05, 3.63) is 53.9 Å². The standard InChI is InChI=1S/C22H22N4O2/c1-26-7-4-14(5-8-26)16-10-18-19(13-25-21(18)24-12-16)15-2-3-17-20(11-15)28-9-6-23-22(17)27/h2-4,10-13H,5-9H2,1H3,(H,23,27)(H,24,25). The van der Waals surface area contributed by atoms with Crippen molar-refractivity contribution in [2.45, 2.75) is 6.42 Å². The van der Waals surface area contributed by atoms with Crippen LogP contribution < -0.4 is 10.1 Å². The van der Waals surface area contributed by atoms with Crippen LogP contribution in [0.25, 0.3) is 27.7 Å². The van der Waals surface area contributed by atoms with E-state index in [4.69, 9.17) is 4.74 Å². The first-order valence-corrected chi connectivity index (χ1v) is 9.59. The van der Waals surface area contributed by atoms with Crippen LogP contribution in [0.1, 0.15) is 22.3 Å². The fourth-order valence-electron chi connectivity index (χ4n) is 3.87. The average Bonchev–Trinajstić information content (AvgIpc) is 3.05. The number of carbonyl (C=O) groups excluding carboxylic acids is 1. The summed E-state index contributed by atoms with van der Waals surface area (Å²) >= 11 is 0. The molecule has 0 bridgehead atoms. The molecule has 0 fully saturated rings. The van der Waals surface area contributed by atoms with E-state index < -0.39 is 0 Å². The molecule has 0 spiro atoms. The Morgan fingerprint density at radius 3 is 2.96 bits per heavy atom. The van der Waals surface area contributed by atoms with Gasteiger partial charge < -0.3 is 19.9 Å². The molecule has 6 nitrogen and oxygen atoms in total. The summed E-state index contributed by atoms with van der Waals surface area (Å²) in [5.74, 6) is 0.542. The number of hydrogen-bond acceptors (Lipinski definition) is 4. The Labute approximate surface area is 163 Å². The Bertz CT molecular complexity index is 1100. The lowest BCUT2D eigenvalue weighted by Crippen LogP contribution is -2.24. The monoisotopic (exact) mass is 374 g/mol. The van der Waals surface area contributed by atoms with Crippen molar-refractivity contribution in [3.8, 4) is 16.9 Å². The highest BCUT2D eigenvalue weighted by Crippen LogP contribution is 2.34. The molecule has 142 valence electrons. The molecule has 28 heavy (non-hydrogen) atoms. The van der Waals surface area contributed by atoms with Gasteiger partial charge in [-0.3, -0.25) is 4.79 Å². The highest BCUT2D eigenvalue weighted by molar-refractivity contribution is 6.00. The number of rotatable bonds is 2. The predicted octanol–water partition coefficient (Wildman–Crippen LogP) is 3.07. The lowest BCUT2D eigenvalue weighted by molar-refractivity contribution is 0.0957. The van der Waals surface area contributed by atoms with Crippen LogP contribution in [0.2, 0.25) is 0 Å². The number of hydrogen-bond donors (Lipinski definition) is 2. The molecular formula is C22H22N4O2. The largest absolute Gasteiger partial charge is 0.491 e. The number of pyridine rings is 1. The van der Waals surface area contributed by atoms with Gasteiger partial charge in [0.15, 0.2) is 0 Å². The van der Waals surface area contributed by atoms with E-state index in [1.807, 2.05) is 30.6 Å². The van der Waals surface area contributed by atoms with Crippen molar-refractivity contribution >= 4 is 22.5 Å². The fraction of sp³-hybridized carbons (Fsp3) is 0.273. The number of nitrogens with one attached hydrogen (secondary N) is 2. The lowest BCUT2D eigenvalue weighted by atomic mass is 9.98. The molecule has 0 aliphatic carbocycles. The van der Waals surface area contributed by atoms with Crippen molar-refractivity contribution in [1.29, 1.82) is 0 Å². The van der Waals surface area contributed by atoms with Gasteiger partial charge in [-0.25, -0.2) is 4.98 Å². The maximum Gasteiger partial charge on any atom is 0.255 e. The molecule has 0 unspecified atom stereocenters. The van der Waals surface area contributed by atoms with Gasteiger partial charge in [-0.15, -0.1) is 0 Å². The smallest absolute Gasteiger partial charge is 0.255 e. The topological polar surface area (TPSA) is 70.2 Å². The quantitative estimate of drug-likeness (QED) is 0.723. The number of aromatic nitrogens is 2. The summed E-state index contributed by atoms with van der Waals surface area (Å²) in [6, 6.07) is 7.97. The number of nitrogens with zero attached hydrogens (tertiary/aromatic N) is 2. The molecular weight excluding hydrogens is 352 g/mol. The van der Waals surface area contributed by atoms with Crippen LogP contribution in [0.5, 0.6) is 5.75 Å². The molecule has 1 aromatic carbocycles. The molecule has 2 aliphatic rings. The van der Waals surface area contributed by atoms with Crippen LogP contribution in [0, 0.1) is 0 Å². The van der Waals surface area contributed by atoms with Gasteiger partial charge in [0, 0.05) is 36.4 Å². The second-order valence-electron chi connectivity index (χ2n) is 7.38. The van der Waals surface area contributed by atoms with Crippen LogP contribution in [-0.2, 0) is 0 Å². The van der Waals surface area contributed by atoms with Crippen LogP contribution in [0.15, 0.2) is 42.7 Å². The maximum absolute atomic E-state index is 12.1. The second kappa shape index (κ2) is 6.80. The maximum atomic E-state index is 12.1. The number of H-pyrrole nitrogens is 1. The third kappa shape index (κ3) is 2.96. The number of benzene rings is 1. The van der Waals surface area contributed by atoms with Crippen LogP contribution >= 0.6 is 0 Å². The van der Waals surface area contributed by atoms with Gasteiger partial charge in [-0.2, -0.15) is 0 Å². The third-order valence-electron chi connectivity index (χ3n) is 5.50. The minimum Gasteiger partial charge on any atom is -0.491 e. The van der Waals surface area contributed by atoms with E-state index in [9.17, 15) is 4.79 Å². The van der Waals surface area contributed by atoms with E-state index in [0.717, 1.165) is 41.7 Å². The fourth-order valence-corrected chi connectivity index (χ4v) is 3.87. The molecule has 3 aromatic rings. The molecule has 0 atom stereocenters. The Balaban J connectivity index is 1.57. The summed E-state index contributed by atoms with van der Waals surface area (Å²) in [4.78, 5) is 22.3. The highest BCUT2D eigenvalue weighted by Gasteiger charge is 2.18. The van der Waals surface area contributed by atoms with Crippen LogP contribution in [0.4, 0.5) is 0 Å². The molecule has 0 saturated heterocycles. The number of likely N-dealkylation sites (N-methyl/N-ethyl adjacent to an activating group) is 1. The van der Waals surface area contributed by atoms with E-state index in [0.29, 0.717) is 24.5 Å². The Kier molecular flexibility index (Phi) is 4.13. The minimum absolute atomic E-state index is 0.0869. The summed E-state index contributed by atoms with van der Waals surface area (Å²) in [6.45, 7) is 3.03. The van der Waals surface area contributed by atoms with Gasteiger partial charge in [0.2, 0.25) is 0 Å². The zero-order valence-corrected chi connectivity index (χ0v) is 15.8. The van der Waals surface area contributed by atoms with E-state index in [1.54, 1.807) is 0 Å². The third-order valence-corrected chi connectivity index (χ3v) is 5.50. The average molecular weight is 374 g/mol. The zero-order valence-electron chi connectivity index (χ0n) is 15.8. The molecule has 6 heteroatoms. The number of carbonyl (C=O) groups is 1. The Hall–Kier alpha value is -3.12. The molecule has 0 radical (unpaired) electrons. The number of amides is 1. The minimum atomic E-state index is -0.0869. The number of fused-ring (bicyclic) bond motifs is 2. The zero-order chi connectivity index (χ0) is 19.1. The molecule has 1 amide bonds. The second-order valence-corrected chi connectivity index (χ2v) is 7.38. The molecule has 0 saturated carbocycles. The van der Waals surface area contributed by atoms with Gasteiger partial charge in [0.05, 0.1) is 12.1 Å². The van der Waals surface area contributed by atoms with Crippen molar-refractivity contribution in [3.63, 3.8) is 0 Å². The van der Waals surface area contributed by atoms with E-state index in [1.165, 1.54) is 11.1 Å². The Morgan fingerprint density at radius 1 is 1.18 bits per heavy atom. The van der Waals surface area contributed by atoms with Gasteiger partial charge in [-0.05, 0) is 48.4 Å². The summed E-state index contributed by atoms with van der Waals surface area (Å²) in [5.41, 5.74) is 6.04. The van der Waals surface area contributed by atoms with Gasteiger partial charge in [0.25, 0.3) is 5.91 Å². The first kappa shape index (κ1) is 17.0. The summed E-state index contributed by atoms with van der Waals surface area (Å²) in [6.07, 6.45) is 7.24. The molecule has 2 aliphatic heterocycles. The van der Waals surface area contributed by atoms with E-state index >= 15 is 0 Å². The van der Waals surface area contributed by atoms with Crippen molar-refractivity contribution in [2.75, 3.05) is 33.3 Å². The highest BCUT2D eigenvalue weighted by atomic mass is 16.5. The molecule has 2 aromatic heterocycles. The SMILES string of the molecule is CN1CC=C(c2cnc3[nH]cc(-c4ccc5c(c4)OCCNC5=O)c3c2)CC1. The van der Waals surface area contributed by atoms with E-state index in [2.05, 4.69) is 39.4 Å². The Morgan fingerprint density at radius 2 is 2.11 bits per heavy atom. The molecule has 5 rings (SSSR count). The van der Waals surface area contributed by atoms with Crippen molar-refractivity contribution < 1.29 is 9.53 Å². The molecule has 2 N–H and O–H groups in total. The first-order valence-electron chi connectivity index (χ1n) is 9.59.